The van der Waals surface area contributed by atoms with Crippen LogP contribution >= 0.6 is 0 Å². The van der Waals surface area contributed by atoms with Crippen LogP contribution in [0.5, 0.6) is 0 Å². The maximum Gasteiger partial charge on any atom is 0.141 e. The third-order valence-electron chi connectivity index (χ3n) is 4.34. The molecule has 1 aromatic carbocycles. The lowest BCUT2D eigenvalue weighted by Crippen LogP contribution is -2.32. The first-order valence-electron chi connectivity index (χ1n) is 7.37. The maximum atomic E-state index is 6.16. The Hall–Kier alpha value is -1.61. The van der Waals surface area contributed by atoms with Gasteiger partial charge in [-0.2, -0.15) is 0 Å². The number of benzene rings is 1. The highest BCUT2D eigenvalue weighted by molar-refractivity contribution is 5.66. The van der Waals surface area contributed by atoms with Crippen molar-refractivity contribution in [1.82, 2.24) is 9.55 Å². The third kappa shape index (κ3) is 2.06. The van der Waals surface area contributed by atoms with Gasteiger partial charge in [0.15, 0.2) is 0 Å². The summed E-state index contributed by atoms with van der Waals surface area (Å²) >= 11 is 0. The van der Waals surface area contributed by atoms with Crippen LogP contribution in [0.25, 0.3) is 11.4 Å². The minimum Gasteiger partial charge on any atom is -0.326 e. The fourth-order valence-corrected chi connectivity index (χ4v) is 3.49. The van der Waals surface area contributed by atoms with Gasteiger partial charge in [-0.05, 0) is 51.7 Å². The number of fused-ring (bicyclic) bond motifs is 1. The minimum absolute atomic E-state index is 0.251. The van der Waals surface area contributed by atoms with E-state index in [0.717, 1.165) is 30.9 Å². The summed E-state index contributed by atoms with van der Waals surface area (Å²) in [6, 6.07) is 4.73. The van der Waals surface area contributed by atoms with E-state index in [-0.39, 0.29) is 6.04 Å². The average Bonchev–Trinajstić information content (AvgIpc) is 2.65. The van der Waals surface area contributed by atoms with Crippen LogP contribution in [-0.2, 0) is 13.0 Å². The van der Waals surface area contributed by atoms with Crippen molar-refractivity contribution in [2.75, 3.05) is 0 Å². The minimum atomic E-state index is 0.251. The Kier molecular flexibility index (Phi) is 3.17. The lowest BCUT2D eigenvalue weighted by molar-refractivity contribution is 0.462. The smallest absolute Gasteiger partial charge is 0.141 e. The van der Waals surface area contributed by atoms with Crippen molar-refractivity contribution in [2.45, 2.75) is 53.1 Å². The van der Waals surface area contributed by atoms with E-state index in [9.17, 15) is 0 Å². The van der Waals surface area contributed by atoms with Gasteiger partial charge in [0.25, 0.3) is 0 Å². The van der Waals surface area contributed by atoms with Crippen LogP contribution in [0.4, 0.5) is 0 Å². The molecule has 1 unspecified atom stereocenters. The van der Waals surface area contributed by atoms with Crippen molar-refractivity contribution in [1.29, 1.82) is 0 Å². The van der Waals surface area contributed by atoms with E-state index in [4.69, 9.17) is 10.7 Å². The van der Waals surface area contributed by atoms with Crippen LogP contribution < -0.4 is 5.73 Å². The summed E-state index contributed by atoms with van der Waals surface area (Å²) in [6.07, 6.45) is 2.11. The molecule has 1 aliphatic rings. The topological polar surface area (TPSA) is 43.8 Å². The van der Waals surface area contributed by atoms with Crippen LogP contribution in [0, 0.1) is 27.7 Å². The van der Waals surface area contributed by atoms with E-state index in [1.807, 2.05) is 0 Å². The SMILES string of the molecule is Cc1cc(C)c(-c2nc(C)c3n2CC(N)CC3)c(C)c1. The molecule has 1 atom stereocenters. The van der Waals surface area contributed by atoms with E-state index in [2.05, 4.69) is 44.4 Å². The summed E-state index contributed by atoms with van der Waals surface area (Å²) in [7, 11) is 0. The summed E-state index contributed by atoms with van der Waals surface area (Å²) in [5.41, 5.74) is 13.9. The second kappa shape index (κ2) is 4.74. The second-order valence-electron chi connectivity index (χ2n) is 6.15. The number of nitrogens with zero attached hydrogens (tertiary/aromatic N) is 2. The van der Waals surface area contributed by atoms with Crippen molar-refractivity contribution in [3.8, 4) is 11.4 Å². The van der Waals surface area contributed by atoms with Gasteiger partial charge in [0, 0.05) is 23.8 Å². The predicted molar refractivity (Wildman–Crippen MR) is 82.9 cm³/mol. The quantitative estimate of drug-likeness (QED) is 0.864. The largest absolute Gasteiger partial charge is 0.326 e. The van der Waals surface area contributed by atoms with E-state index in [1.54, 1.807) is 0 Å². The van der Waals surface area contributed by atoms with Crippen molar-refractivity contribution < 1.29 is 0 Å². The van der Waals surface area contributed by atoms with Crippen molar-refractivity contribution in [2.24, 2.45) is 5.73 Å². The van der Waals surface area contributed by atoms with Crippen LogP contribution in [-0.4, -0.2) is 15.6 Å². The molecule has 20 heavy (non-hydrogen) atoms. The third-order valence-corrected chi connectivity index (χ3v) is 4.34. The van der Waals surface area contributed by atoms with Crippen LogP contribution in [0.15, 0.2) is 12.1 Å². The van der Waals surface area contributed by atoms with E-state index < -0.39 is 0 Å². The van der Waals surface area contributed by atoms with Crippen LogP contribution in [0.3, 0.4) is 0 Å². The zero-order valence-corrected chi connectivity index (χ0v) is 12.8. The molecule has 0 fully saturated rings. The lowest BCUT2D eigenvalue weighted by Gasteiger charge is -2.23. The molecule has 0 saturated carbocycles. The molecule has 2 heterocycles. The maximum absolute atomic E-state index is 6.16. The number of aromatic nitrogens is 2. The fourth-order valence-electron chi connectivity index (χ4n) is 3.49. The van der Waals surface area contributed by atoms with Gasteiger partial charge in [0.2, 0.25) is 0 Å². The first-order chi connectivity index (χ1) is 9.47. The molecular weight excluding hydrogens is 246 g/mol. The first kappa shape index (κ1) is 13.4. The fraction of sp³-hybridized carbons (Fsp3) is 0.471. The standard InChI is InChI=1S/C17H23N3/c1-10-7-11(2)16(12(3)8-10)17-19-13(4)15-6-5-14(18)9-20(15)17/h7-8,14H,5-6,9,18H2,1-4H3. The van der Waals surface area contributed by atoms with Gasteiger partial charge in [0.1, 0.15) is 5.82 Å². The van der Waals surface area contributed by atoms with Gasteiger partial charge < -0.3 is 10.3 Å². The highest BCUT2D eigenvalue weighted by Crippen LogP contribution is 2.31. The number of rotatable bonds is 1. The Labute approximate surface area is 120 Å². The summed E-state index contributed by atoms with van der Waals surface area (Å²) in [6.45, 7) is 9.50. The highest BCUT2D eigenvalue weighted by Gasteiger charge is 2.23. The van der Waals surface area contributed by atoms with E-state index in [1.165, 1.54) is 27.9 Å². The monoisotopic (exact) mass is 269 g/mol. The molecule has 2 aromatic rings. The number of nitrogens with two attached hydrogens (primary N) is 1. The zero-order valence-electron chi connectivity index (χ0n) is 12.8. The van der Waals surface area contributed by atoms with Gasteiger partial charge in [-0.25, -0.2) is 4.98 Å². The van der Waals surface area contributed by atoms with Crippen molar-refractivity contribution in [3.63, 3.8) is 0 Å². The molecular formula is C17H23N3. The summed E-state index contributed by atoms with van der Waals surface area (Å²) in [5.74, 6) is 1.10. The Morgan fingerprint density at radius 1 is 1.15 bits per heavy atom. The van der Waals surface area contributed by atoms with Crippen LogP contribution in [0.2, 0.25) is 0 Å². The molecule has 0 spiro atoms. The summed E-state index contributed by atoms with van der Waals surface area (Å²) < 4.78 is 2.34. The Morgan fingerprint density at radius 2 is 1.80 bits per heavy atom. The van der Waals surface area contributed by atoms with E-state index >= 15 is 0 Å². The number of hydrogen-bond donors (Lipinski definition) is 1. The van der Waals surface area contributed by atoms with Gasteiger partial charge >= 0.3 is 0 Å². The molecule has 0 aliphatic carbocycles. The van der Waals surface area contributed by atoms with Gasteiger partial charge in [-0.15, -0.1) is 0 Å². The van der Waals surface area contributed by atoms with Gasteiger partial charge in [-0.1, -0.05) is 17.7 Å². The molecule has 0 saturated heterocycles. The molecule has 106 valence electrons. The molecule has 2 N–H and O–H groups in total. The molecule has 0 radical (unpaired) electrons. The van der Waals surface area contributed by atoms with E-state index in [0.29, 0.717) is 0 Å². The van der Waals surface area contributed by atoms with Gasteiger partial charge in [-0.3, -0.25) is 0 Å². The molecule has 1 aliphatic heterocycles. The Bertz CT molecular complexity index is 644. The van der Waals surface area contributed by atoms with Gasteiger partial charge in [0.05, 0.1) is 5.69 Å². The summed E-state index contributed by atoms with van der Waals surface area (Å²) in [4.78, 5) is 4.86. The molecule has 0 bridgehead atoms. The number of aryl methyl sites for hydroxylation is 4. The molecule has 3 heteroatoms. The second-order valence-corrected chi connectivity index (χ2v) is 6.15. The number of hydrogen-bond acceptors (Lipinski definition) is 2. The van der Waals surface area contributed by atoms with Crippen molar-refractivity contribution >= 4 is 0 Å². The normalized spacial score (nSPS) is 18.1. The van der Waals surface area contributed by atoms with Crippen LogP contribution in [0.1, 0.15) is 34.5 Å². The Balaban J connectivity index is 2.21. The molecule has 0 amide bonds. The molecule has 3 rings (SSSR count). The Morgan fingerprint density at radius 3 is 2.45 bits per heavy atom. The zero-order chi connectivity index (χ0) is 14.4. The predicted octanol–water partition coefficient (Wildman–Crippen LogP) is 3.06. The first-order valence-corrected chi connectivity index (χ1v) is 7.37. The number of imidazole rings is 1. The average molecular weight is 269 g/mol. The lowest BCUT2D eigenvalue weighted by atomic mass is 9.98. The van der Waals surface area contributed by atoms with Crippen molar-refractivity contribution in [3.05, 3.63) is 40.2 Å². The molecule has 3 nitrogen and oxygen atoms in total. The molecule has 1 aromatic heterocycles. The summed E-state index contributed by atoms with van der Waals surface area (Å²) in [5, 5.41) is 0. The highest BCUT2D eigenvalue weighted by atomic mass is 15.1.